The fourth-order valence-electron chi connectivity index (χ4n) is 4.09. The maximum Gasteiger partial charge on any atom is 0.326 e. The van der Waals surface area contributed by atoms with E-state index in [1.807, 2.05) is 24.3 Å². The maximum absolute atomic E-state index is 13.0. The highest BCUT2D eigenvalue weighted by atomic mass is 16.4. The topological polar surface area (TPSA) is 69.6 Å². The minimum atomic E-state index is -0.893. The number of nitrogens with zero attached hydrogens (tertiary/aromatic N) is 1. The van der Waals surface area contributed by atoms with Gasteiger partial charge in [-0.05, 0) is 60.9 Å². The molecule has 0 radical (unpaired) electrons. The number of hydrogen-bond acceptors (Lipinski definition) is 3. The highest BCUT2D eigenvalue weighted by molar-refractivity contribution is 5.97. The Morgan fingerprint density at radius 1 is 1.16 bits per heavy atom. The molecule has 0 aliphatic carbocycles. The first-order valence-electron chi connectivity index (χ1n) is 9.07. The highest BCUT2D eigenvalue weighted by Gasteiger charge is 2.49. The van der Waals surface area contributed by atoms with E-state index in [0.717, 1.165) is 31.5 Å². The SMILES string of the molecule is CC(C)(C)c1ccc(C(=O)N2CC3(CCNCC3)C[C@@H]2C(=O)O)cc1. The number of aliphatic carboxylic acids is 1. The second kappa shape index (κ2) is 6.45. The van der Waals surface area contributed by atoms with Crippen LogP contribution >= 0.6 is 0 Å². The third-order valence-corrected chi connectivity index (χ3v) is 5.72. The van der Waals surface area contributed by atoms with Gasteiger partial charge in [-0.2, -0.15) is 0 Å². The first kappa shape index (κ1) is 17.9. The number of hydrogen-bond donors (Lipinski definition) is 2. The summed E-state index contributed by atoms with van der Waals surface area (Å²) >= 11 is 0. The van der Waals surface area contributed by atoms with Crippen LogP contribution in [0.15, 0.2) is 24.3 Å². The van der Waals surface area contributed by atoms with Gasteiger partial charge in [-0.3, -0.25) is 4.79 Å². The van der Waals surface area contributed by atoms with E-state index in [9.17, 15) is 14.7 Å². The van der Waals surface area contributed by atoms with Gasteiger partial charge in [0.2, 0.25) is 0 Å². The highest BCUT2D eigenvalue weighted by Crippen LogP contribution is 2.42. The van der Waals surface area contributed by atoms with Crippen LogP contribution in [-0.4, -0.2) is 47.6 Å². The summed E-state index contributed by atoms with van der Waals surface area (Å²) in [7, 11) is 0. The zero-order valence-corrected chi connectivity index (χ0v) is 15.3. The van der Waals surface area contributed by atoms with Crippen molar-refractivity contribution in [3.63, 3.8) is 0 Å². The summed E-state index contributed by atoms with van der Waals surface area (Å²) in [6, 6.07) is 6.89. The fourth-order valence-corrected chi connectivity index (χ4v) is 4.09. The van der Waals surface area contributed by atoms with E-state index in [0.29, 0.717) is 18.5 Å². The molecule has 1 aromatic carbocycles. The summed E-state index contributed by atoms with van der Waals surface area (Å²) in [6.07, 6.45) is 2.43. The molecule has 0 aromatic heterocycles. The number of carboxylic acid groups (broad SMARTS) is 1. The quantitative estimate of drug-likeness (QED) is 0.865. The minimum Gasteiger partial charge on any atom is -0.480 e. The molecule has 0 unspecified atom stereocenters. The molecule has 25 heavy (non-hydrogen) atoms. The van der Waals surface area contributed by atoms with E-state index >= 15 is 0 Å². The van der Waals surface area contributed by atoms with Gasteiger partial charge in [0.05, 0.1) is 0 Å². The van der Waals surface area contributed by atoms with Crippen molar-refractivity contribution in [2.75, 3.05) is 19.6 Å². The molecule has 0 bridgehead atoms. The standard InChI is InChI=1S/C20H28N2O3/c1-19(2,3)15-6-4-14(5-7-15)17(23)22-13-20(8-10-21-11-9-20)12-16(22)18(24)25/h4-7,16,21H,8-13H2,1-3H3,(H,24,25)/t16-/m1/s1. The van der Waals surface area contributed by atoms with Crippen molar-refractivity contribution >= 4 is 11.9 Å². The van der Waals surface area contributed by atoms with Crippen LogP contribution in [0.25, 0.3) is 0 Å². The Balaban J connectivity index is 1.83. The smallest absolute Gasteiger partial charge is 0.326 e. The van der Waals surface area contributed by atoms with E-state index in [-0.39, 0.29) is 16.7 Å². The number of carboxylic acids is 1. The number of carbonyl (C=O) groups is 2. The van der Waals surface area contributed by atoms with Crippen LogP contribution in [0.3, 0.4) is 0 Å². The van der Waals surface area contributed by atoms with Crippen LogP contribution in [0.5, 0.6) is 0 Å². The molecular formula is C20H28N2O3. The molecule has 2 fully saturated rings. The summed E-state index contributed by atoms with van der Waals surface area (Å²) in [5.74, 6) is -1.06. The van der Waals surface area contributed by atoms with Crippen molar-refractivity contribution in [2.45, 2.75) is 51.5 Å². The Morgan fingerprint density at radius 3 is 2.28 bits per heavy atom. The van der Waals surface area contributed by atoms with Gasteiger partial charge in [0, 0.05) is 12.1 Å². The molecule has 1 atom stereocenters. The third kappa shape index (κ3) is 3.56. The molecule has 0 saturated carbocycles. The fraction of sp³-hybridized carbons (Fsp3) is 0.600. The van der Waals surface area contributed by atoms with Crippen LogP contribution in [0, 0.1) is 5.41 Å². The molecule has 136 valence electrons. The number of nitrogens with one attached hydrogen (secondary N) is 1. The first-order chi connectivity index (χ1) is 11.7. The second-order valence-corrected chi connectivity index (χ2v) is 8.57. The van der Waals surface area contributed by atoms with Gasteiger partial charge in [0.25, 0.3) is 5.91 Å². The first-order valence-corrected chi connectivity index (χ1v) is 9.07. The summed E-state index contributed by atoms with van der Waals surface area (Å²) in [6.45, 7) is 8.73. The molecule has 2 N–H and O–H groups in total. The van der Waals surface area contributed by atoms with Gasteiger partial charge >= 0.3 is 5.97 Å². The van der Waals surface area contributed by atoms with E-state index in [4.69, 9.17) is 0 Å². The van der Waals surface area contributed by atoms with Gasteiger partial charge in [-0.1, -0.05) is 32.9 Å². The van der Waals surface area contributed by atoms with E-state index in [2.05, 4.69) is 26.1 Å². The molecule has 1 amide bonds. The summed E-state index contributed by atoms with van der Waals surface area (Å²) in [4.78, 5) is 26.3. The Kier molecular flexibility index (Phi) is 4.62. The zero-order valence-electron chi connectivity index (χ0n) is 15.3. The van der Waals surface area contributed by atoms with Crippen molar-refractivity contribution in [3.05, 3.63) is 35.4 Å². The van der Waals surface area contributed by atoms with Gasteiger partial charge < -0.3 is 15.3 Å². The minimum absolute atomic E-state index is 0.0258. The van der Waals surface area contributed by atoms with Crippen molar-refractivity contribution < 1.29 is 14.7 Å². The number of rotatable bonds is 2. The molecule has 1 spiro atoms. The molecule has 2 aliphatic rings. The molecule has 2 aliphatic heterocycles. The lowest BCUT2D eigenvalue weighted by molar-refractivity contribution is -0.141. The predicted molar refractivity (Wildman–Crippen MR) is 96.8 cm³/mol. The Labute approximate surface area is 149 Å². The summed E-state index contributed by atoms with van der Waals surface area (Å²) in [5, 5.41) is 13.0. The van der Waals surface area contributed by atoms with Crippen molar-refractivity contribution in [3.8, 4) is 0 Å². The lowest BCUT2D eigenvalue weighted by Crippen LogP contribution is -2.42. The van der Waals surface area contributed by atoms with Crippen LogP contribution in [0.2, 0.25) is 0 Å². The largest absolute Gasteiger partial charge is 0.480 e. The van der Waals surface area contributed by atoms with Crippen molar-refractivity contribution in [2.24, 2.45) is 5.41 Å². The number of benzene rings is 1. The van der Waals surface area contributed by atoms with Crippen LogP contribution in [-0.2, 0) is 10.2 Å². The van der Waals surface area contributed by atoms with E-state index in [1.54, 1.807) is 4.90 Å². The molecule has 5 heteroatoms. The van der Waals surface area contributed by atoms with Gasteiger partial charge in [-0.25, -0.2) is 4.79 Å². The average molecular weight is 344 g/mol. The molecule has 2 saturated heterocycles. The lowest BCUT2D eigenvalue weighted by Gasteiger charge is -2.33. The van der Waals surface area contributed by atoms with E-state index < -0.39 is 12.0 Å². The molecular weight excluding hydrogens is 316 g/mol. The van der Waals surface area contributed by atoms with Crippen LogP contribution in [0.4, 0.5) is 0 Å². The predicted octanol–water partition coefficient (Wildman–Crippen LogP) is 2.65. The number of carbonyl (C=O) groups excluding carboxylic acids is 1. The van der Waals surface area contributed by atoms with Gasteiger partial charge in [0.15, 0.2) is 0 Å². The molecule has 1 aromatic rings. The summed E-state index contributed by atoms with van der Waals surface area (Å²) < 4.78 is 0. The van der Waals surface area contributed by atoms with Gasteiger partial charge in [-0.15, -0.1) is 0 Å². The van der Waals surface area contributed by atoms with Crippen molar-refractivity contribution in [1.29, 1.82) is 0 Å². The number of likely N-dealkylation sites (tertiary alicyclic amines) is 1. The monoisotopic (exact) mass is 344 g/mol. The maximum atomic E-state index is 13.0. The Hall–Kier alpha value is -1.88. The molecule has 5 nitrogen and oxygen atoms in total. The normalized spacial score (nSPS) is 23.0. The Morgan fingerprint density at radius 2 is 1.76 bits per heavy atom. The second-order valence-electron chi connectivity index (χ2n) is 8.57. The average Bonchev–Trinajstić information content (AvgIpc) is 2.93. The Bertz CT molecular complexity index is 655. The number of amides is 1. The zero-order chi connectivity index (χ0) is 18.2. The molecule has 3 rings (SSSR count). The van der Waals surface area contributed by atoms with Crippen LogP contribution in [0.1, 0.15) is 56.0 Å². The van der Waals surface area contributed by atoms with Crippen LogP contribution < -0.4 is 5.32 Å². The molecule has 2 heterocycles. The number of piperidine rings is 1. The third-order valence-electron chi connectivity index (χ3n) is 5.72. The lowest BCUT2D eigenvalue weighted by atomic mass is 9.77. The van der Waals surface area contributed by atoms with Crippen molar-refractivity contribution in [1.82, 2.24) is 10.2 Å². The van der Waals surface area contributed by atoms with E-state index in [1.165, 1.54) is 0 Å². The van der Waals surface area contributed by atoms with Gasteiger partial charge in [0.1, 0.15) is 6.04 Å². The summed E-state index contributed by atoms with van der Waals surface area (Å²) in [5.41, 5.74) is 1.72.